The normalized spacial score (nSPS) is 11.3. The van der Waals surface area contributed by atoms with Crippen LogP contribution in [0.2, 0.25) is 5.02 Å². The molecule has 0 aliphatic carbocycles. The molecule has 0 radical (unpaired) electrons. The molecule has 0 spiro atoms. The number of aromatic amines is 1. The van der Waals surface area contributed by atoms with Crippen LogP contribution >= 0.6 is 11.6 Å². The van der Waals surface area contributed by atoms with Crippen LogP contribution in [0.1, 0.15) is 21.5 Å². The van der Waals surface area contributed by atoms with Crippen molar-refractivity contribution in [3.63, 3.8) is 0 Å². The first-order chi connectivity index (χ1) is 10.8. The van der Waals surface area contributed by atoms with Gasteiger partial charge in [0.15, 0.2) is 0 Å². The van der Waals surface area contributed by atoms with Gasteiger partial charge in [-0.15, -0.1) is 0 Å². The maximum Gasteiger partial charge on any atom is 0.416 e. The number of halogens is 4. The molecular weight excluding hydrogens is 333 g/mol. The number of carbonyl (C=O) groups is 1. The molecule has 1 heterocycles. The summed E-state index contributed by atoms with van der Waals surface area (Å²) < 4.78 is 37.8. The van der Waals surface area contributed by atoms with Gasteiger partial charge in [0.05, 0.1) is 11.1 Å². The van der Waals surface area contributed by atoms with Crippen molar-refractivity contribution in [2.75, 3.05) is 6.54 Å². The van der Waals surface area contributed by atoms with E-state index in [1.165, 1.54) is 18.3 Å². The monoisotopic (exact) mass is 344 g/mol. The van der Waals surface area contributed by atoms with Crippen molar-refractivity contribution in [3.8, 4) is 0 Å². The molecule has 122 valence electrons. The summed E-state index contributed by atoms with van der Waals surface area (Å²) in [5.41, 5.74) is -0.612. The van der Waals surface area contributed by atoms with Crippen LogP contribution in [0.3, 0.4) is 0 Å². The Kier molecular flexibility index (Phi) is 5.10. The molecule has 0 saturated carbocycles. The van der Waals surface area contributed by atoms with E-state index in [1.807, 2.05) is 0 Å². The lowest BCUT2D eigenvalue weighted by Crippen LogP contribution is -2.26. The van der Waals surface area contributed by atoms with E-state index in [9.17, 15) is 22.8 Å². The van der Waals surface area contributed by atoms with Crippen LogP contribution in [0.5, 0.6) is 0 Å². The van der Waals surface area contributed by atoms with Crippen molar-refractivity contribution in [3.05, 3.63) is 68.6 Å². The van der Waals surface area contributed by atoms with Gasteiger partial charge in [0.2, 0.25) is 0 Å². The number of aromatic nitrogens is 1. The van der Waals surface area contributed by atoms with Gasteiger partial charge in [-0.2, -0.15) is 13.2 Å². The molecule has 8 heteroatoms. The average molecular weight is 345 g/mol. The molecule has 0 unspecified atom stereocenters. The van der Waals surface area contributed by atoms with Crippen LogP contribution in [0.4, 0.5) is 13.2 Å². The topological polar surface area (TPSA) is 62.0 Å². The molecule has 2 rings (SSSR count). The minimum atomic E-state index is -4.40. The second kappa shape index (κ2) is 6.87. The van der Waals surface area contributed by atoms with Crippen molar-refractivity contribution >= 4 is 17.5 Å². The molecule has 0 aliphatic heterocycles. The standard InChI is InChI=1S/C15H12ClF3N2O2/c16-12-7-10(8-21-14(12)23)13(22)20-5-4-9-2-1-3-11(6-9)15(17,18)19/h1-3,6-8H,4-5H2,(H,20,22)(H,21,23). The van der Waals surface area contributed by atoms with Gasteiger partial charge in [-0.1, -0.05) is 29.8 Å². The Hall–Kier alpha value is -2.28. The molecule has 2 N–H and O–H groups in total. The zero-order chi connectivity index (χ0) is 17.0. The van der Waals surface area contributed by atoms with Gasteiger partial charge < -0.3 is 10.3 Å². The minimum absolute atomic E-state index is 0.115. The highest BCUT2D eigenvalue weighted by molar-refractivity contribution is 6.30. The maximum absolute atomic E-state index is 12.6. The van der Waals surface area contributed by atoms with E-state index in [0.29, 0.717) is 5.56 Å². The van der Waals surface area contributed by atoms with Crippen LogP contribution in [0, 0.1) is 0 Å². The predicted molar refractivity (Wildman–Crippen MR) is 79.6 cm³/mol. The molecule has 0 bridgehead atoms. The fourth-order valence-electron chi connectivity index (χ4n) is 1.91. The van der Waals surface area contributed by atoms with E-state index >= 15 is 0 Å². The lowest BCUT2D eigenvalue weighted by molar-refractivity contribution is -0.137. The van der Waals surface area contributed by atoms with Gasteiger partial charge in [0.25, 0.3) is 11.5 Å². The summed E-state index contributed by atoms with van der Waals surface area (Å²) in [5.74, 6) is -0.477. The lowest BCUT2D eigenvalue weighted by Gasteiger charge is -2.09. The van der Waals surface area contributed by atoms with E-state index in [4.69, 9.17) is 11.6 Å². The van der Waals surface area contributed by atoms with Crippen LogP contribution < -0.4 is 10.9 Å². The highest BCUT2D eigenvalue weighted by Gasteiger charge is 2.30. The molecule has 0 saturated heterocycles. The quantitative estimate of drug-likeness (QED) is 0.895. The third kappa shape index (κ3) is 4.59. The summed E-state index contributed by atoms with van der Waals surface area (Å²) in [5, 5.41) is 2.44. The number of hydrogen-bond acceptors (Lipinski definition) is 2. The fourth-order valence-corrected chi connectivity index (χ4v) is 2.08. The van der Waals surface area contributed by atoms with E-state index in [0.717, 1.165) is 12.1 Å². The Morgan fingerprint density at radius 3 is 2.65 bits per heavy atom. The Bertz CT molecular complexity index is 772. The number of hydrogen-bond donors (Lipinski definition) is 2. The second-order valence-electron chi connectivity index (χ2n) is 4.77. The third-order valence-electron chi connectivity index (χ3n) is 3.07. The van der Waals surface area contributed by atoms with Crippen molar-refractivity contribution in [1.29, 1.82) is 0 Å². The summed E-state index contributed by atoms with van der Waals surface area (Å²) >= 11 is 5.62. The number of nitrogens with one attached hydrogen (secondary N) is 2. The summed E-state index contributed by atoms with van der Waals surface area (Å²) in [6.07, 6.45) is -2.94. The SMILES string of the molecule is O=C(NCCc1cccc(C(F)(F)F)c1)c1c[nH]c(=O)c(Cl)c1. The number of carbonyl (C=O) groups excluding carboxylic acids is 1. The van der Waals surface area contributed by atoms with Crippen molar-refractivity contribution in [2.45, 2.75) is 12.6 Å². The maximum atomic E-state index is 12.6. The largest absolute Gasteiger partial charge is 0.416 e. The van der Waals surface area contributed by atoms with Gasteiger partial charge in [-0.05, 0) is 24.1 Å². The number of rotatable bonds is 4. The molecule has 1 aromatic carbocycles. The van der Waals surface area contributed by atoms with Crippen molar-refractivity contribution in [1.82, 2.24) is 10.3 Å². The zero-order valence-electron chi connectivity index (χ0n) is 11.7. The Morgan fingerprint density at radius 1 is 1.26 bits per heavy atom. The molecule has 1 amide bonds. The number of pyridine rings is 1. The second-order valence-corrected chi connectivity index (χ2v) is 5.18. The zero-order valence-corrected chi connectivity index (χ0v) is 12.5. The van der Waals surface area contributed by atoms with Gasteiger partial charge in [0.1, 0.15) is 5.02 Å². The van der Waals surface area contributed by atoms with Crippen LogP contribution in [0.25, 0.3) is 0 Å². The van der Waals surface area contributed by atoms with E-state index in [-0.39, 0.29) is 23.6 Å². The first-order valence-electron chi connectivity index (χ1n) is 6.60. The summed E-state index contributed by atoms with van der Waals surface area (Å²) in [7, 11) is 0. The Labute approximate surface area is 134 Å². The Balaban J connectivity index is 1.95. The van der Waals surface area contributed by atoms with Gasteiger partial charge in [-0.3, -0.25) is 9.59 Å². The minimum Gasteiger partial charge on any atom is -0.352 e. The lowest BCUT2D eigenvalue weighted by atomic mass is 10.1. The van der Waals surface area contributed by atoms with E-state index in [2.05, 4.69) is 10.3 Å². The van der Waals surface area contributed by atoms with Crippen LogP contribution in [-0.4, -0.2) is 17.4 Å². The Morgan fingerprint density at radius 2 is 2.00 bits per heavy atom. The first-order valence-corrected chi connectivity index (χ1v) is 6.98. The van der Waals surface area contributed by atoms with Gasteiger partial charge >= 0.3 is 6.18 Å². The summed E-state index contributed by atoms with van der Waals surface area (Å²) in [4.78, 5) is 25.3. The predicted octanol–water partition coefficient (Wildman–Crippen LogP) is 3.02. The molecule has 4 nitrogen and oxygen atoms in total. The molecule has 23 heavy (non-hydrogen) atoms. The molecule has 0 aliphatic rings. The summed E-state index contributed by atoms with van der Waals surface area (Å²) in [6, 6.07) is 6.13. The fraction of sp³-hybridized carbons (Fsp3) is 0.200. The summed E-state index contributed by atoms with van der Waals surface area (Å²) in [6.45, 7) is 0.150. The van der Waals surface area contributed by atoms with Gasteiger partial charge in [0, 0.05) is 12.7 Å². The van der Waals surface area contributed by atoms with Crippen LogP contribution in [0.15, 0.2) is 41.3 Å². The first kappa shape index (κ1) is 17.1. The smallest absolute Gasteiger partial charge is 0.352 e. The number of benzene rings is 1. The molecule has 1 aromatic heterocycles. The number of alkyl halides is 3. The molecular formula is C15H12ClF3N2O2. The molecule has 0 atom stereocenters. The van der Waals surface area contributed by atoms with Crippen molar-refractivity contribution < 1.29 is 18.0 Å². The molecule has 0 fully saturated rings. The van der Waals surface area contributed by atoms with E-state index < -0.39 is 23.2 Å². The highest BCUT2D eigenvalue weighted by Crippen LogP contribution is 2.29. The van der Waals surface area contributed by atoms with Crippen molar-refractivity contribution in [2.24, 2.45) is 0 Å². The van der Waals surface area contributed by atoms with Crippen LogP contribution in [-0.2, 0) is 12.6 Å². The average Bonchev–Trinajstić information content (AvgIpc) is 2.49. The van der Waals surface area contributed by atoms with E-state index in [1.54, 1.807) is 6.07 Å². The highest BCUT2D eigenvalue weighted by atomic mass is 35.5. The van der Waals surface area contributed by atoms with Gasteiger partial charge in [-0.25, -0.2) is 0 Å². The number of H-pyrrole nitrogens is 1. The number of amides is 1. The third-order valence-corrected chi connectivity index (χ3v) is 3.35. The molecule has 2 aromatic rings.